The van der Waals surface area contributed by atoms with E-state index in [4.69, 9.17) is 10.2 Å². The van der Waals surface area contributed by atoms with Gasteiger partial charge in [0.15, 0.2) is 5.58 Å². The minimum absolute atomic E-state index is 0.172. The van der Waals surface area contributed by atoms with Crippen molar-refractivity contribution in [1.82, 2.24) is 0 Å². The van der Waals surface area contributed by atoms with Gasteiger partial charge in [-0.2, -0.15) is 0 Å². The van der Waals surface area contributed by atoms with E-state index in [0.29, 0.717) is 11.3 Å². The number of primary amides is 1. The number of nitrogens with two attached hydrogens (primary N) is 1. The van der Waals surface area contributed by atoms with E-state index in [-0.39, 0.29) is 11.1 Å². The molecule has 7 heteroatoms. The first kappa shape index (κ1) is 16.4. The number of amides is 1. The van der Waals surface area contributed by atoms with Crippen LogP contribution in [0, 0.1) is 0 Å². The van der Waals surface area contributed by atoms with Crippen molar-refractivity contribution in [3.05, 3.63) is 67.0 Å². The molecule has 0 aliphatic rings. The number of carbonyl (C=O) groups is 1. The SMILES string of the molecule is NC(=O)c1cc2cc(Br)cc(Br)c2oc1=Nc1cccc(Br)c1. The van der Waals surface area contributed by atoms with E-state index in [9.17, 15) is 4.79 Å². The number of hydrogen-bond donors (Lipinski definition) is 1. The Kier molecular flexibility index (Phi) is 4.70. The van der Waals surface area contributed by atoms with Crippen molar-refractivity contribution in [2.24, 2.45) is 10.7 Å². The second kappa shape index (κ2) is 6.59. The van der Waals surface area contributed by atoms with Crippen LogP contribution in [0.4, 0.5) is 5.69 Å². The number of nitrogens with zero attached hydrogens (tertiary/aromatic N) is 1. The first-order valence-corrected chi connectivity index (χ1v) is 8.85. The number of hydrogen-bond acceptors (Lipinski definition) is 3. The quantitative estimate of drug-likeness (QED) is 0.535. The van der Waals surface area contributed by atoms with Crippen molar-refractivity contribution in [2.75, 3.05) is 0 Å². The molecule has 1 heterocycles. The van der Waals surface area contributed by atoms with Gasteiger partial charge in [-0.25, -0.2) is 4.99 Å². The van der Waals surface area contributed by atoms with Crippen LogP contribution < -0.4 is 11.3 Å². The third-order valence-corrected chi connectivity index (χ3v) is 4.61. The van der Waals surface area contributed by atoms with Crippen molar-refractivity contribution >= 4 is 70.4 Å². The molecule has 23 heavy (non-hydrogen) atoms. The average molecular weight is 501 g/mol. The minimum atomic E-state index is -0.597. The lowest BCUT2D eigenvalue weighted by Crippen LogP contribution is -2.21. The van der Waals surface area contributed by atoms with Gasteiger partial charge in [0, 0.05) is 14.3 Å². The lowest BCUT2D eigenvalue weighted by atomic mass is 10.2. The van der Waals surface area contributed by atoms with Gasteiger partial charge in [0.2, 0.25) is 5.55 Å². The van der Waals surface area contributed by atoms with Crippen molar-refractivity contribution < 1.29 is 9.21 Å². The summed E-state index contributed by atoms with van der Waals surface area (Å²) >= 11 is 10.2. The second-order valence-corrected chi connectivity index (χ2v) is 7.41. The molecule has 0 spiro atoms. The topological polar surface area (TPSA) is 68.6 Å². The maximum Gasteiger partial charge on any atom is 0.254 e. The molecule has 0 saturated carbocycles. The first-order chi connectivity index (χ1) is 10.9. The highest BCUT2D eigenvalue weighted by molar-refractivity contribution is 9.11. The monoisotopic (exact) mass is 498 g/mol. The predicted octanol–water partition coefficient (Wildman–Crippen LogP) is 5.05. The van der Waals surface area contributed by atoms with Crippen LogP contribution in [0.15, 0.2) is 65.3 Å². The zero-order valence-corrected chi connectivity index (χ0v) is 16.3. The average Bonchev–Trinajstić information content (AvgIpc) is 2.47. The molecule has 0 saturated heterocycles. The Bertz CT molecular complexity index is 996. The highest BCUT2D eigenvalue weighted by Crippen LogP contribution is 2.28. The zero-order chi connectivity index (χ0) is 16.6. The maximum absolute atomic E-state index is 11.8. The Morgan fingerprint density at radius 2 is 1.83 bits per heavy atom. The lowest BCUT2D eigenvalue weighted by Gasteiger charge is -2.05. The summed E-state index contributed by atoms with van der Waals surface area (Å²) in [4.78, 5) is 16.2. The van der Waals surface area contributed by atoms with Crippen molar-refractivity contribution in [1.29, 1.82) is 0 Å². The molecule has 116 valence electrons. The molecule has 0 bridgehead atoms. The fourth-order valence-corrected chi connectivity index (χ4v) is 3.81. The molecule has 1 aromatic heterocycles. The summed E-state index contributed by atoms with van der Waals surface area (Å²) in [5.74, 6) is -0.597. The number of rotatable bonds is 2. The molecule has 2 N–H and O–H groups in total. The highest BCUT2D eigenvalue weighted by atomic mass is 79.9. The van der Waals surface area contributed by atoms with Crippen LogP contribution in [-0.4, -0.2) is 5.91 Å². The van der Waals surface area contributed by atoms with E-state index in [2.05, 4.69) is 52.8 Å². The summed E-state index contributed by atoms with van der Waals surface area (Å²) in [6.07, 6.45) is 0. The second-order valence-electron chi connectivity index (χ2n) is 4.73. The normalized spacial score (nSPS) is 11.9. The summed E-state index contributed by atoms with van der Waals surface area (Å²) < 4.78 is 8.33. The van der Waals surface area contributed by atoms with Crippen LogP contribution in [0.2, 0.25) is 0 Å². The zero-order valence-electron chi connectivity index (χ0n) is 11.5. The predicted molar refractivity (Wildman–Crippen MR) is 99.5 cm³/mol. The number of fused-ring (bicyclic) bond motifs is 1. The summed E-state index contributed by atoms with van der Waals surface area (Å²) in [6.45, 7) is 0. The van der Waals surface area contributed by atoms with Gasteiger partial charge in [-0.3, -0.25) is 4.79 Å². The van der Waals surface area contributed by atoms with Crippen molar-refractivity contribution in [3.8, 4) is 0 Å². The lowest BCUT2D eigenvalue weighted by molar-refractivity contribution is 0.0996. The molecule has 3 aromatic rings. The standard InChI is InChI=1S/C16H9Br3N2O2/c17-9-2-1-3-11(6-9)21-16-12(15(20)22)5-8-4-10(18)7-13(19)14(8)23-16/h1-7H,(H2,20,22). The van der Waals surface area contributed by atoms with Crippen molar-refractivity contribution in [3.63, 3.8) is 0 Å². The number of carbonyl (C=O) groups excluding carboxylic acids is 1. The first-order valence-electron chi connectivity index (χ1n) is 6.47. The number of benzene rings is 2. The molecule has 0 fully saturated rings. The fourth-order valence-electron chi connectivity index (χ4n) is 2.09. The smallest absolute Gasteiger partial charge is 0.254 e. The summed E-state index contributed by atoms with van der Waals surface area (Å²) in [5, 5.41) is 0.744. The van der Waals surface area contributed by atoms with Gasteiger partial charge in [0.1, 0.15) is 5.56 Å². The molecular weight excluding hydrogens is 492 g/mol. The Balaban J connectivity index is 2.34. The largest absolute Gasteiger partial charge is 0.436 e. The summed E-state index contributed by atoms with van der Waals surface area (Å²) in [7, 11) is 0. The van der Waals surface area contributed by atoms with E-state index in [1.54, 1.807) is 6.07 Å². The van der Waals surface area contributed by atoms with Crippen LogP contribution in [0.3, 0.4) is 0 Å². The summed E-state index contributed by atoms with van der Waals surface area (Å²) in [5.41, 5.74) is 7.11. The number of halogens is 3. The molecular formula is C16H9Br3N2O2. The fraction of sp³-hybridized carbons (Fsp3) is 0. The van der Waals surface area contributed by atoms with E-state index in [0.717, 1.165) is 18.8 Å². The molecule has 0 unspecified atom stereocenters. The van der Waals surface area contributed by atoms with Crippen molar-refractivity contribution in [2.45, 2.75) is 0 Å². The van der Waals surface area contributed by atoms with Gasteiger partial charge in [0.25, 0.3) is 5.91 Å². The molecule has 0 aliphatic heterocycles. The molecule has 1 amide bonds. The summed E-state index contributed by atoms with van der Waals surface area (Å²) in [6, 6.07) is 12.7. The highest BCUT2D eigenvalue weighted by Gasteiger charge is 2.12. The van der Waals surface area contributed by atoms with Crippen LogP contribution in [0.25, 0.3) is 11.0 Å². The molecule has 4 nitrogen and oxygen atoms in total. The van der Waals surface area contributed by atoms with Gasteiger partial charge in [0.05, 0.1) is 10.2 Å². The minimum Gasteiger partial charge on any atom is -0.436 e. The third kappa shape index (κ3) is 3.57. The Hall–Kier alpha value is -1.44. The van der Waals surface area contributed by atoms with E-state index in [1.165, 1.54) is 0 Å². The van der Waals surface area contributed by atoms with Gasteiger partial charge in [-0.1, -0.05) is 37.9 Å². The molecule has 0 aliphatic carbocycles. The van der Waals surface area contributed by atoms with Gasteiger partial charge >= 0.3 is 0 Å². The van der Waals surface area contributed by atoms with Crippen LogP contribution >= 0.6 is 47.8 Å². The van der Waals surface area contributed by atoms with Gasteiger partial charge in [-0.15, -0.1) is 0 Å². The molecule has 0 radical (unpaired) electrons. The van der Waals surface area contributed by atoms with Crippen LogP contribution in [-0.2, 0) is 0 Å². The molecule has 3 rings (SSSR count). The van der Waals surface area contributed by atoms with Gasteiger partial charge < -0.3 is 10.2 Å². The Labute approximate surface area is 156 Å². The van der Waals surface area contributed by atoms with Crippen LogP contribution in [0.1, 0.15) is 10.4 Å². The Morgan fingerprint density at radius 1 is 1.04 bits per heavy atom. The maximum atomic E-state index is 11.8. The van der Waals surface area contributed by atoms with E-state index < -0.39 is 5.91 Å². The van der Waals surface area contributed by atoms with Gasteiger partial charge in [-0.05, 0) is 52.3 Å². The Morgan fingerprint density at radius 3 is 2.52 bits per heavy atom. The molecule has 0 atom stereocenters. The van der Waals surface area contributed by atoms with E-state index in [1.807, 2.05) is 36.4 Å². The molecule has 2 aromatic carbocycles. The third-order valence-electron chi connectivity index (χ3n) is 3.07. The van der Waals surface area contributed by atoms with Crippen LogP contribution in [0.5, 0.6) is 0 Å². The van der Waals surface area contributed by atoms with E-state index >= 15 is 0 Å².